The van der Waals surface area contributed by atoms with Gasteiger partial charge in [-0.05, 0) is 103 Å². The van der Waals surface area contributed by atoms with Gasteiger partial charge in [0.2, 0.25) is 0 Å². The second-order valence-electron chi connectivity index (χ2n) is 18.5. The first-order valence-corrected chi connectivity index (χ1v) is 22.9. The van der Waals surface area contributed by atoms with Crippen molar-refractivity contribution in [3.05, 3.63) is 120 Å². The number of amides is 2. The molecule has 0 spiro atoms. The van der Waals surface area contributed by atoms with E-state index < -0.39 is 23.7 Å². The Kier molecular flexibility index (Phi) is 11.2. The van der Waals surface area contributed by atoms with Crippen molar-refractivity contribution in [1.29, 1.82) is 0 Å². The van der Waals surface area contributed by atoms with Crippen molar-refractivity contribution in [3.8, 4) is 40.0 Å². The van der Waals surface area contributed by atoms with Crippen LogP contribution in [0.25, 0.3) is 39.4 Å². The highest BCUT2D eigenvalue weighted by molar-refractivity contribution is 5.96. The molecule has 0 saturated carbocycles. The van der Waals surface area contributed by atoms with Crippen LogP contribution in [0.15, 0.2) is 58.1 Å². The van der Waals surface area contributed by atoms with Crippen LogP contribution >= 0.6 is 0 Å². The number of H-pyrrole nitrogens is 1. The predicted molar refractivity (Wildman–Crippen MR) is 248 cm³/mol. The molecule has 11 rings (SSSR count). The molecule has 4 N–H and O–H groups in total. The summed E-state index contributed by atoms with van der Waals surface area (Å²) in [5.74, 6) is -1.25. The van der Waals surface area contributed by atoms with Crippen molar-refractivity contribution in [3.63, 3.8) is 0 Å². The molecular formula is C50H49FN8O10. The normalized spacial score (nSPS) is 19.5. The van der Waals surface area contributed by atoms with E-state index in [1.54, 1.807) is 41.8 Å². The molecule has 2 saturated heterocycles. The van der Waals surface area contributed by atoms with Gasteiger partial charge in [-0.1, -0.05) is 20.8 Å². The van der Waals surface area contributed by atoms with Crippen LogP contribution in [0.1, 0.15) is 101 Å². The van der Waals surface area contributed by atoms with Gasteiger partial charge in [0.1, 0.15) is 30.5 Å². The standard InChI is InChI=1S/C27H24FN3O6.C23H25N5O4/c1-3-13-15-8-21-24-16(10-31(21)25(33)17(15)11-37-26(13)34)23-19(30-27(35)36-7-6-32)5-4-14-12(2)18(28)9-20(29-24)22(14)23;1-12(2)15-8-16(20(30)9-19(15)29)21-24-25-23(32)28(21)14-6-4-13(5-7-14)22(31)27-11-17-18(27)10-26(17)3/h6,8-9,13,19H,3-5,7,10-11H2,1-2H3,(H,30,35);4-9,12,17-18,29-30H,10-11H2,1-3H3,(H,25,32)/t;17-,18?/m.1/s1. The van der Waals surface area contributed by atoms with Gasteiger partial charge in [-0.15, -0.1) is 0 Å². The average molecular weight is 941 g/mol. The minimum atomic E-state index is -0.734. The summed E-state index contributed by atoms with van der Waals surface area (Å²) >= 11 is 0. The summed E-state index contributed by atoms with van der Waals surface area (Å²) in [4.78, 5) is 83.3. The zero-order valence-electron chi connectivity index (χ0n) is 38.5. The zero-order valence-corrected chi connectivity index (χ0v) is 38.5. The second-order valence-corrected chi connectivity index (χ2v) is 18.5. The molecule has 1 aliphatic carbocycles. The number of hydrogen-bond donors (Lipinski definition) is 4. The third-order valence-electron chi connectivity index (χ3n) is 14.4. The summed E-state index contributed by atoms with van der Waals surface area (Å²) in [5.41, 5.74) is 6.82. The molecule has 7 heterocycles. The Morgan fingerprint density at radius 1 is 1.03 bits per heavy atom. The number of likely N-dealkylation sites (tertiary alicyclic amines) is 2. The van der Waals surface area contributed by atoms with Gasteiger partial charge in [0, 0.05) is 47.8 Å². The van der Waals surface area contributed by atoms with E-state index in [1.807, 2.05) is 31.7 Å². The number of aromatic nitrogens is 5. The SMILES string of the molecule is CC(C)c1cc(-c2n[nH]c(=O)n2-c2ccc(C(=O)N3C[C@@H]4C3CN4C)cc2)c(O)cc1O.CCC1C(=O)OCc2c1cc1n(c2=O)Cc2c-1nc1cc(F)c(C)c3c1c2C(NC(=O)OCC=O)CC3. The molecule has 5 aliphatic rings. The Balaban J connectivity index is 0.000000162. The Hall–Kier alpha value is -7.67. The van der Waals surface area contributed by atoms with Crippen LogP contribution in [-0.4, -0.2) is 107 Å². The molecular weight excluding hydrogens is 892 g/mol. The lowest BCUT2D eigenvalue weighted by atomic mass is 9.81. The maximum absolute atomic E-state index is 14.9. The quantitative estimate of drug-likeness (QED) is 0.113. The first-order valence-electron chi connectivity index (χ1n) is 22.9. The molecule has 3 aromatic heterocycles. The number of pyridine rings is 2. The van der Waals surface area contributed by atoms with Crippen LogP contribution in [0.4, 0.5) is 9.18 Å². The summed E-state index contributed by atoms with van der Waals surface area (Å²) in [5, 5.41) is 30.7. The van der Waals surface area contributed by atoms with Gasteiger partial charge in [-0.25, -0.2) is 28.6 Å². The molecule has 2 amide bonds. The van der Waals surface area contributed by atoms with Crippen molar-refractivity contribution < 1.29 is 43.3 Å². The Labute approximate surface area is 393 Å². The monoisotopic (exact) mass is 940 g/mol. The van der Waals surface area contributed by atoms with E-state index in [9.17, 15) is 43.4 Å². The molecule has 0 bridgehead atoms. The van der Waals surface area contributed by atoms with E-state index in [0.717, 1.165) is 35.2 Å². The van der Waals surface area contributed by atoms with E-state index in [2.05, 4.69) is 27.5 Å². The largest absolute Gasteiger partial charge is 0.508 e. The Morgan fingerprint density at radius 3 is 2.48 bits per heavy atom. The predicted octanol–water partition coefficient (Wildman–Crippen LogP) is 5.24. The molecule has 19 heteroatoms. The number of aryl methyl sites for hydroxylation is 1. The van der Waals surface area contributed by atoms with Gasteiger partial charge in [-0.2, -0.15) is 5.10 Å². The van der Waals surface area contributed by atoms with Crippen molar-refractivity contribution in [2.24, 2.45) is 0 Å². The van der Waals surface area contributed by atoms with Gasteiger partial charge >= 0.3 is 17.8 Å². The van der Waals surface area contributed by atoms with Gasteiger partial charge in [0.15, 0.2) is 12.1 Å². The zero-order chi connectivity index (χ0) is 48.7. The maximum atomic E-state index is 14.9. The minimum absolute atomic E-state index is 0.00955. The van der Waals surface area contributed by atoms with E-state index in [1.165, 1.54) is 16.7 Å². The number of phenols is 2. The van der Waals surface area contributed by atoms with Gasteiger partial charge < -0.3 is 34.5 Å². The number of benzene rings is 3. The lowest BCUT2D eigenvalue weighted by Gasteiger charge is -2.60. The number of cyclic esters (lactones) is 1. The third kappa shape index (κ3) is 7.33. The van der Waals surface area contributed by atoms with Crippen molar-refractivity contribution in [2.75, 3.05) is 26.7 Å². The Bertz CT molecular complexity index is 3290. The average Bonchev–Trinajstić information content (AvgIpc) is 3.89. The molecule has 4 aliphatic heterocycles. The number of hydrogen-bond acceptors (Lipinski definition) is 13. The topological polar surface area (TPSA) is 231 Å². The minimum Gasteiger partial charge on any atom is -0.508 e. The van der Waals surface area contributed by atoms with Crippen LogP contribution in [0.5, 0.6) is 11.5 Å². The number of phenolic OH excluding ortho intramolecular Hbond substituents is 2. The number of aromatic amines is 1. The van der Waals surface area contributed by atoms with Crippen molar-refractivity contribution in [2.45, 2.75) is 90.1 Å². The molecule has 4 atom stereocenters. The molecule has 3 unspecified atom stereocenters. The highest BCUT2D eigenvalue weighted by atomic mass is 19.1. The molecule has 3 aromatic carbocycles. The van der Waals surface area contributed by atoms with Crippen LogP contribution in [0.2, 0.25) is 0 Å². The number of nitrogens with zero attached hydrogens (tertiary/aromatic N) is 6. The summed E-state index contributed by atoms with van der Waals surface area (Å²) < 4.78 is 28.1. The van der Waals surface area contributed by atoms with Crippen molar-refractivity contribution >= 4 is 35.2 Å². The summed E-state index contributed by atoms with van der Waals surface area (Å²) in [6.07, 6.45) is 1.25. The first kappa shape index (κ1) is 45.1. The summed E-state index contributed by atoms with van der Waals surface area (Å²) in [7, 11) is 2.06. The summed E-state index contributed by atoms with van der Waals surface area (Å²) in [6.45, 7) is 8.85. The lowest BCUT2D eigenvalue weighted by molar-refractivity contribution is -0.148. The lowest BCUT2D eigenvalue weighted by Crippen LogP contribution is -2.78. The number of ether oxygens (including phenoxy) is 2. The van der Waals surface area contributed by atoms with E-state index in [-0.39, 0.29) is 66.3 Å². The molecule has 0 radical (unpaired) electrons. The van der Waals surface area contributed by atoms with E-state index >= 15 is 0 Å². The molecule has 6 aromatic rings. The summed E-state index contributed by atoms with van der Waals surface area (Å²) in [6, 6.07) is 13.2. The number of piperazine rings is 1. The number of aldehydes is 1. The van der Waals surface area contributed by atoms with Gasteiger partial charge in [0.05, 0.1) is 58.3 Å². The number of alkyl carbamates (subject to hydrolysis) is 1. The number of likely N-dealkylation sites (N-methyl/N-ethyl adjacent to an activating group) is 1. The fourth-order valence-corrected chi connectivity index (χ4v) is 10.6. The fourth-order valence-electron chi connectivity index (χ4n) is 10.6. The molecule has 18 nitrogen and oxygen atoms in total. The number of carbonyl (C=O) groups is 4. The maximum Gasteiger partial charge on any atom is 0.408 e. The molecule has 2 fully saturated rings. The first-order chi connectivity index (χ1) is 33.1. The number of esters is 1. The number of fused-ring (bicyclic) bond motifs is 6. The fraction of sp³-hybridized carbons (Fsp3) is 0.360. The highest BCUT2D eigenvalue weighted by Crippen LogP contribution is 2.46. The second kappa shape index (κ2) is 17.1. The van der Waals surface area contributed by atoms with Gasteiger partial charge in [-0.3, -0.25) is 24.1 Å². The van der Waals surface area contributed by atoms with Crippen molar-refractivity contribution in [1.82, 2.24) is 39.4 Å². The number of carbonyl (C=O) groups excluding carboxylic acids is 4. The highest BCUT2D eigenvalue weighted by Gasteiger charge is 2.51. The molecule has 69 heavy (non-hydrogen) atoms. The third-order valence-corrected chi connectivity index (χ3v) is 14.4. The van der Waals surface area contributed by atoms with E-state index in [4.69, 9.17) is 14.5 Å². The number of halogens is 1. The van der Waals surface area contributed by atoms with E-state index in [0.29, 0.717) is 93.6 Å². The molecule has 356 valence electrons. The number of nitrogens with one attached hydrogen (secondary N) is 2. The number of rotatable bonds is 8. The number of aromatic hydroxyl groups is 2. The smallest absolute Gasteiger partial charge is 0.408 e. The Morgan fingerprint density at radius 2 is 1.80 bits per heavy atom. The van der Waals surface area contributed by atoms with Crippen LogP contribution in [0.3, 0.4) is 0 Å². The van der Waals surface area contributed by atoms with Crippen LogP contribution in [0, 0.1) is 12.7 Å². The van der Waals surface area contributed by atoms with Crippen LogP contribution < -0.4 is 16.6 Å². The van der Waals surface area contributed by atoms with Crippen LogP contribution in [-0.2, 0) is 38.6 Å². The van der Waals surface area contributed by atoms with Gasteiger partial charge in [0.25, 0.3) is 11.5 Å².